The number of nitrogen functional groups attached to an aromatic ring is 3. The molecule has 0 bridgehead atoms. The van der Waals surface area contributed by atoms with Gasteiger partial charge in [-0.2, -0.15) is 13.2 Å². The second kappa shape index (κ2) is 14.6. The van der Waals surface area contributed by atoms with Gasteiger partial charge < -0.3 is 41.7 Å². The molecule has 0 aromatic carbocycles. The van der Waals surface area contributed by atoms with Gasteiger partial charge in [0.1, 0.15) is 34.5 Å². The molecule has 18 nitrogen and oxygen atoms in total. The highest BCUT2D eigenvalue weighted by atomic mass is 32.2. The monoisotopic (exact) mass is 763 g/mol. The maximum atomic E-state index is 13.3. The molecular weight excluding hydrogens is 736 g/mol. The Hall–Kier alpha value is -4.84. The van der Waals surface area contributed by atoms with Gasteiger partial charge in [0.15, 0.2) is 10.8 Å². The minimum atomic E-state index is -5.19. The van der Waals surface area contributed by atoms with Gasteiger partial charge >= 0.3 is 23.3 Å². The summed E-state index contributed by atoms with van der Waals surface area (Å²) in [7, 11) is 0. The number of halogens is 3. The third kappa shape index (κ3) is 7.96. The lowest BCUT2D eigenvalue weighted by Crippen LogP contribution is -2.71. The predicted octanol–water partition coefficient (Wildman–Crippen LogP) is -1.39. The van der Waals surface area contributed by atoms with Crippen molar-refractivity contribution in [2.24, 2.45) is 5.16 Å². The summed E-state index contributed by atoms with van der Waals surface area (Å²) < 4.78 is 33.0. The Morgan fingerprint density at radius 2 is 1.88 bits per heavy atom. The van der Waals surface area contributed by atoms with E-state index in [0.29, 0.717) is 16.5 Å². The molecule has 0 saturated carbocycles. The van der Waals surface area contributed by atoms with Crippen LogP contribution in [0.4, 0.5) is 24.1 Å². The SMILES string of the molecule is CC(C)(O/N=C(\C(=O)NC1C(=O)N2C(C(=O)O)=C(CSc3nc(N)c4c([n+]3N)CCC4)CSC12)c1csc(N)n1)C(=O)O.O=C([O-])C(F)(F)F. The van der Waals surface area contributed by atoms with E-state index in [4.69, 9.17) is 32.0 Å². The number of anilines is 2. The van der Waals surface area contributed by atoms with Crippen LogP contribution < -0.4 is 32.4 Å². The lowest BCUT2D eigenvalue weighted by Gasteiger charge is -2.49. The van der Waals surface area contributed by atoms with Crippen molar-refractivity contribution in [3.8, 4) is 0 Å². The van der Waals surface area contributed by atoms with Crippen molar-refractivity contribution in [2.75, 3.05) is 28.8 Å². The first-order chi connectivity index (χ1) is 23.2. The summed E-state index contributed by atoms with van der Waals surface area (Å²) in [6.07, 6.45) is -2.70. The third-order valence-electron chi connectivity index (χ3n) is 7.21. The van der Waals surface area contributed by atoms with Gasteiger partial charge in [-0.25, -0.2) is 14.6 Å². The number of alkyl halides is 3. The Morgan fingerprint density at radius 1 is 1.22 bits per heavy atom. The molecule has 9 N–H and O–H groups in total. The smallest absolute Gasteiger partial charge is 0.430 e. The minimum Gasteiger partial charge on any atom is -0.542 e. The number of carbonyl (C=O) groups excluding carboxylic acids is 3. The van der Waals surface area contributed by atoms with Crippen molar-refractivity contribution in [3.63, 3.8) is 0 Å². The highest BCUT2D eigenvalue weighted by molar-refractivity contribution is 8.01. The van der Waals surface area contributed by atoms with E-state index in [9.17, 15) is 42.6 Å². The average molecular weight is 764 g/mol. The Kier molecular flexibility index (Phi) is 11.1. The van der Waals surface area contributed by atoms with Gasteiger partial charge in [0.25, 0.3) is 11.8 Å². The van der Waals surface area contributed by atoms with Crippen LogP contribution >= 0.6 is 34.9 Å². The van der Waals surface area contributed by atoms with Crippen molar-refractivity contribution in [1.82, 2.24) is 20.2 Å². The Balaban J connectivity index is 0.000000727. The summed E-state index contributed by atoms with van der Waals surface area (Å²) in [5.74, 6) is 0.00128. The van der Waals surface area contributed by atoms with Crippen LogP contribution in [0.3, 0.4) is 0 Å². The topological polar surface area (TPSA) is 293 Å². The van der Waals surface area contributed by atoms with Crippen LogP contribution in [-0.2, 0) is 41.7 Å². The number of nitrogens with one attached hydrogen (secondary N) is 1. The fraction of sp³-hybridized carbons (Fsp3) is 0.423. The second-order valence-electron chi connectivity index (χ2n) is 11.0. The number of nitrogens with zero attached hydrogens (tertiary/aromatic N) is 5. The number of hydrogen-bond donors (Lipinski definition) is 6. The van der Waals surface area contributed by atoms with Gasteiger partial charge in [0.2, 0.25) is 11.4 Å². The number of aliphatic carboxylic acids is 3. The molecule has 5 rings (SSSR count). The Morgan fingerprint density at radius 3 is 2.44 bits per heavy atom. The summed E-state index contributed by atoms with van der Waals surface area (Å²) >= 11 is 3.53. The molecule has 2 aromatic rings. The largest absolute Gasteiger partial charge is 0.542 e. The maximum Gasteiger partial charge on any atom is 0.430 e. The number of carboxylic acid groups (broad SMARTS) is 3. The standard InChI is InChI=1S/C24H27N9O7S3.C2HF3O2/c1-24(2,21(38)39)40-31-13(11-8-42-22(26)28-11)17(34)29-14-18(35)32-15(20(36)37)9(6-41-19(14)32)7-43-23-30-16(25)10-4-3-5-12(10)33(23)27;3-2(4,5)1(6)7/h8,14,19,25H,3-7,27H2,1-2H3,(H5,26,28,29,34,36,37,38,39);(H,6,7)/b31-13-;. The molecule has 4 heterocycles. The van der Waals surface area contributed by atoms with E-state index in [1.54, 1.807) is 0 Å². The van der Waals surface area contributed by atoms with Gasteiger partial charge in [-0.3, -0.25) is 20.3 Å². The third-order valence-corrected chi connectivity index (χ3v) is 10.3. The van der Waals surface area contributed by atoms with E-state index in [-0.39, 0.29) is 28.0 Å². The highest BCUT2D eigenvalue weighted by Crippen LogP contribution is 2.41. The van der Waals surface area contributed by atoms with Crippen LogP contribution in [0.1, 0.15) is 37.2 Å². The van der Waals surface area contributed by atoms with Crippen LogP contribution in [-0.4, -0.2) is 95.2 Å². The summed E-state index contributed by atoms with van der Waals surface area (Å²) in [6, 6.07) is -1.08. The lowest BCUT2D eigenvalue weighted by molar-refractivity contribution is -0.689. The number of thiazole rings is 1. The molecule has 1 fully saturated rings. The quantitative estimate of drug-likeness (QED) is 0.0309. The zero-order valence-electron chi connectivity index (χ0n) is 25.8. The van der Waals surface area contributed by atoms with E-state index in [1.807, 2.05) is 0 Å². The zero-order valence-corrected chi connectivity index (χ0v) is 28.3. The van der Waals surface area contributed by atoms with Crippen molar-refractivity contribution in [2.45, 2.75) is 61.5 Å². The summed E-state index contributed by atoms with van der Waals surface area (Å²) in [4.78, 5) is 73.7. The first-order valence-corrected chi connectivity index (χ1v) is 17.0. The number of nitrogens with two attached hydrogens (primary N) is 3. The number of rotatable bonds is 10. The molecule has 2 aliphatic heterocycles. The highest BCUT2D eigenvalue weighted by Gasteiger charge is 2.54. The second-order valence-corrected chi connectivity index (χ2v) is 14.0. The molecule has 1 saturated heterocycles. The van der Waals surface area contributed by atoms with Crippen molar-refractivity contribution < 1.29 is 62.0 Å². The van der Waals surface area contributed by atoms with E-state index < -0.39 is 58.6 Å². The van der Waals surface area contributed by atoms with E-state index in [1.165, 1.54) is 47.4 Å². The molecule has 1 aliphatic carbocycles. The first kappa shape index (κ1) is 38.0. The molecule has 2 unspecified atom stereocenters. The van der Waals surface area contributed by atoms with Gasteiger partial charge in [0, 0.05) is 23.3 Å². The number of amides is 2. The lowest BCUT2D eigenvalue weighted by atomic mass is 10.0. The number of fused-ring (bicyclic) bond motifs is 2. The molecule has 3 aliphatic rings. The predicted molar refractivity (Wildman–Crippen MR) is 168 cm³/mol. The number of oxime groups is 1. The normalized spacial score (nSPS) is 18.7. The molecule has 2 aromatic heterocycles. The molecule has 0 spiro atoms. The maximum absolute atomic E-state index is 13.3. The van der Waals surface area contributed by atoms with Gasteiger partial charge in [-0.05, 0) is 49.0 Å². The number of carboxylic acids is 3. The van der Waals surface area contributed by atoms with Crippen molar-refractivity contribution in [3.05, 3.63) is 33.6 Å². The van der Waals surface area contributed by atoms with Crippen LogP contribution in [0.2, 0.25) is 0 Å². The average Bonchev–Trinajstić information content (AvgIpc) is 3.70. The molecule has 2 atom stereocenters. The molecule has 270 valence electrons. The molecule has 2 amide bonds. The molecule has 0 radical (unpaired) electrons. The van der Waals surface area contributed by atoms with E-state index >= 15 is 0 Å². The number of β-lactam (4-membered cyclic amide) rings is 1. The molecule has 50 heavy (non-hydrogen) atoms. The van der Waals surface area contributed by atoms with Gasteiger partial charge in [-0.15, -0.1) is 27.8 Å². The summed E-state index contributed by atoms with van der Waals surface area (Å²) in [5, 5.41) is 35.7. The Bertz CT molecular complexity index is 1820. The molecular formula is C26H28F3N9O9S3. The van der Waals surface area contributed by atoms with Crippen LogP contribution in [0.25, 0.3) is 0 Å². The Labute approximate surface area is 291 Å². The van der Waals surface area contributed by atoms with Gasteiger partial charge in [-0.1, -0.05) is 5.16 Å². The van der Waals surface area contributed by atoms with Crippen molar-refractivity contribution in [1.29, 1.82) is 0 Å². The summed E-state index contributed by atoms with van der Waals surface area (Å²) in [6.45, 7) is 2.49. The van der Waals surface area contributed by atoms with Crippen molar-refractivity contribution >= 4 is 81.2 Å². The van der Waals surface area contributed by atoms with E-state index in [0.717, 1.165) is 46.8 Å². The fourth-order valence-corrected chi connectivity index (χ4v) is 7.64. The zero-order chi connectivity index (χ0) is 37.3. The fourth-order valence-electron chi connectivity index (χ4n) is 4.67. The van der Waals surface area contributed by atoms with Crippen LogP contribution in [0.5, 0.6) is 0 Å². The number of hydrogen-bond acceptors (Lipinski definition) is 16. The number of aromatic nitrogens is 3. The summed E-state index contributed by atoms with van der Waals surface area (Å²) in [5.41, 5.74) is 11.8. The van der Waals surface area contributed by atoms with Crippen LogP contribution in [0, 0.1) is 0 Å². The first-order valence-electron chi connectivity index (χ1n) is 14.1. The number of carbonyl (C=O) groups is 5. The van der Waals surface area contributed by atoms with E-state index in [2.05, 4.69) is 20.4 Å². The molecule has 24 heteroatoms. The van der Waals surface area contributed by atoms with Gasteiger partial charge in [0.05, 0.1) is 5.56 Å². The number of thioether (sulfide) groups is 2. The van der Waals surface area contributed by atoms with Crippen LogP contribution in [0.15, 0.2) is 27.0 Å². The minimum absolute atomic E-state index is 0.0180.